The molecule has 1 saturated heterocycles. The summed E-state index contributed by atoms with van der Waals surface area (Å²) in [5.74, 6) is 0.712. The van der Waals surface area contributed by atoms with Crippen molar-refractivity contribution in [2.75, 3.05) is 13.7 Å². The first-order chi connectivity index (χ1) is 11.3. The number of benzene rings is 2. The molecular formula is C19H23FN2O. The first kappa shape index (κ1) is 16.0. The van der Waals surface area contributed by atoms with Crippen molar-refractivity contribution in [2.24, 2.45) is 0 Å². The van der Waals surface area contributed by atoms with Gasteiger partial charge < -0.3 is 15.4 Å². The lowest BCUT2D eigenvalue weighted by Crippen LogP contribution is -2.45. The van der Waals surface area contributed by atoms with E-state index in [1.807, 2.05) is 24.3 Å². The zero-order valence-corrected chi connectivity index (χ0v) is 13.4. The van der Waals surface area contributed by atoms with Gasteiger partial charge in [-0.05, 0) is 43.1 Å². The average molecular weight is 314 g/mol. The summed E-state index contributed by atoms with van der Waals surface area (Å²) >= 11 is 0. The Bertz CT molecular complexity index is 647. The number of hydrogen-bond donors (Lipinski definition) is 2. The molecule has 0 amide bonds. The third kappa shape index (κ3) is 3.89. The summed E-state index contributed by atoms with van der Waals surface area (Å²) in [6.07, 6.45) is 2.19. The lowest BCUT2D eigenvalue weighted by atomic mass is 9.92. The summed E-state index contributed by atoms with van der Waals surface area (Å²) in [7, 11) is 1.69. The topological polar surface area (TPSA) is 33.3 Å². The van der Waals surface area contributed by atoms with Crippen molar-refractivity contribution < 1.29 is 9.13 Å². The zero-order chi connectivity index (χ0) is 16.1. The summed E-state index contributed by atoms with van der Waals surface area (Å²) < 4.78 is 18.9. The zero-order valence-electron chi connectivity index (χ0n) is 13.4. The molecule has 1 aliphatic heterocycles. The van der Waals surface area contributed by atoms with Crippen LogP contribution in [0.1, 0.15) is 30.0 Å². The highest BCUT2D eigenvalue weighted by atomic mass is 19.1. The number of para-hydroxylation sites is 1. The second-order valence-corrected chi connectivity index (χ2v) is 5.93. The van der Waals surface area contributed by atoms with E-state index in [1.54, 1.807) is 19.2 Å². The first-order valence-corrected chi connectivity index (χ1v) is 8.12. The fourth-order valence-electron chi connectivity index (χ4n) is 3.25. The minimum absolute atomic E-state index is 0.133. The van der Waals surface area contributed by atoms with Crippen molar-refractivity contribution in [3.63, 3.8) is 0 Å². The molecule has 0 radical (unpaired) electrons. The predicted octanol–water partition coefficient (Wildman–Crippen LogP) is 3.42. The van der Waals surface area contributed by atoms with Crippen molar-refractivity contribution >= 4 is 0 Å². The van der Waals surface area contributed by atoms with Crippen LogP contribution in [0.2, 0.25) is 0 Å². The van der Waals surface area contributed by atoms with Gasteiger partial charge in [-0.3, -0.25) is 0 Å². The Morgan fingerprint density at radius 3 is 2.91 bits per heavy atom. The smallest absolute Gasteiger partial charge is 0.123 e. The van der Waals surface area contributed by atoms with Gasteiger partial charge in [-0.15, -0.1) is 0 Å². The van der Waals surface area contributed by atoms with Crippen molar-refractivity contribution in [3.8, 4) is 5.75 Å². The molecule has 0 saturated carbocycles. The van der Waals surface area contributed by atoms with Crippen LogP contribution in [-0.4, -0.2) is 19.7 Å². The summed E-state index contributed by atoms with van der Waals surface area (Å²) in [5, 5.41) is 7.13. The normalized spacial score (nSPS) is 21.1. The molecule has 1 heterocycles. The van der Waals surface area contributed by atoms with Crippen LogP contribution < -0.4 is 15.4 Å². The van der Waals surface area contributed by atoms with Crippen LogP contribution in [0.15, 0.2) is 48.5 Å². The third-order valence-electron chi connectivity index (χ3n) is 4.41. The predicted molar refractivity (Wildman–Crippen MR) is 90.0 cm³/mol. The van der Waals surface area contributed by atoms with E-state index in [0.29, 0.717) is 0 Å². The van der Waals surface area contributed by atoms with Crippen molar-refractivity contribution in [2.45, 2.75) is 31.5 Å². The fraction of sp³-hybridized carbons (Fsp3) is 0.368. The van der Waals surface area contributed by atoms with Gasteiger partial charge in [0, 0.05) is 24.2 Å². The molecule has 2 atom stereocenters. The lowest BCUT2D eigenvalue weighted by Gasteiger charge is -2.34. The minimum Gasteiger partial charge on any atom is -0.496 e. The van der Waals surface area contributed by atoms with Gasteiger partial charge in [-0.2, -0.15) is 0 Å². The van der Waals surface area contributed by atoms with Gasteiger partial charge in [0.05, 0.1) is 7.11 Å². The Hall–Kier alpha value is -1.91. The SMILES string of the molecule is COc1ccccc1CN[C@H]1CCCN[C@H]1c1cccc(F)c1. The summed E-state index contributed by atoms with van der Waals surface area (Å²) in [4.78, 5) is 0. The largest absolute Gasteiger partial charge is 0.496 e. The molecule has 2 aromatic rings. The van der Waals surface area contributed by atoms with Gasteiger partial charge >= 0.3 is 0 Å². The number of methoxy groups -OCH3 is 1. The molecular weight excluding hydrogens is 291 g/mol. The standard InChI is InChI=1S/C19H23FN2O/c1-23-18-10-3-2-6-15(18)13-22-17-9-5-11-21-19(17)14-7-4-8-16(20)12-14/h2-4,6-8,10,12,17,19,21-22H,5,9,11,13H2,1H3/t17-,19-/m0/s1. The quantitative estimate of drug-likeness (QED) is 0.887. The second-order valence-electron chi connectivity index (χ2n) is 5.93. The monoisotopic (exact) mass is 314 g/mol. The number of halogens is 1. The van der Waals surface area contributed by atoms with Crippen LogP contribution in [0.25, 0.3) is 0 Å². The molecule has 23 heavy (non-hydrogen) atoms. The fourth-order valence-corrected chi connectivity index (χ4v) is 3.25. The van der Waals surface area contributed by atoms with Gasteiger partial charge in [0.1, 0.15) is 11.6 Å². The van der Waals surface area contributed by atoms with E-state index >= 15 is 0 Å². The molecule has 0 bridgehead atoms. The number of piperidine rings is 1. The molecule has 0 aromatic heterocycles. The molecule has 0 unspecified atom stereocenters. The van der Waals surface area contributed by atoms with Gasteiger partial charge in [-0.25, -0.2) is 4.39 Å². The van der Waals surface area contributed by atoms with Crippen LogP contribution in [-0.2, 0) is 6.54 Å². The molecule has 0 aliphatic carbocycles. The van der Waals surface area contributed by atoms with E-state index in [0.717, 1.165) is 42.8 Å². The molecule has 122 valence electrons. The highest BCUT2D eigenvalue weighted by molar-refractivity contribution is 5.33. The van der Waals surface area contributed by atoms with E-state index in [2.05, 4.69) is 16.7 Å². The number of ether oxygens (including phenoxy) is 1. The Kier molecular flexibility index (Phi) is 5.26. The van der Waals surface area contributed by atoms with E-state index in [1.165, 1.54) is 6.07 Å². The van der Waals surface area contributed by atoms with E-state index in [4.69, 9.17) is 4.74 Å². The molecule has 1 aliphatic rings. The number of hydrogen-bond acceptors (Lipinski definition) is 3. The molecule has 1 fully saturated rings. The van der Waals surface area contributed by atoms with Gasteiger partial charge in [0.2, 0.25) is 0 Å². The number of nitrogens with one attached hydrogen (secondary N) is 2. The van der Waals surface area contributed by atoms with Crippen molar-refractivity contribution in [3.05, 3.63) is 65.5 Å². The van der Waals surface area contributed by atoms with Gasteiger partial charge in [-0.1, -0.05) is 30.3 Å². The maximum Gasteiger partial charge on any atom is 0.123 e. The maximum absolute atomic E-state index is 13.5. The molecule has 3 rings (SSSR count). The van der Waals surface area contributed by atoms with Crippen LogP contribution in [0, 0.1) is 5.82 Å². The summed E-state index contributed by atoms with van der Waals surface area (Å²) in [5.41, 5.74) is 2.14. The first-order valence-electron chi connectivity index (χ1n) is 8.12. The summed E-state index contributed by atoms with van der Waals surface area (Å²) in [6, 6.07) is 15.3. The average Bonchev–Trinajstić information content (AvgIpc) is 2.60. The minimum atomic E-state index is -0.182. The second kappa shape index (κ2) is 7.57. The van der Waals surface area contributed by atoms with Crippen LogP contribution >= 0.6 is 0 Å². The highest BCUT2D eigenvalue weighted by Crippen LogP contribution is 2.25. The molecule has 3 nitrogen and oxygen atoms in total. The van der Waals surface area contributed by atoms with Gasteiger partial charge in [0.25, 0.3) is 0 Å². The van der Waals surface area contributed by atoms with E-state index in [9.17, 15) is 4.39 Å². The molecule has 0 spiro atoms. The van der Waals surface area contributed by atoms with Gasteiger partial charge in [0.15, 0.2) is 0 Å². The Balaban J connectivity index is 1.72. The van der Waals surface area contributed by atoms with Crippen LogP contribution in [0.4, 0.5) is 4.39 Å². The van der Waals surface area contributed by atoms with Crippen LogP contribution in [0.5, 0.6) is 5.75 Å². The Labute approximate surface area is 136 Å². The Morgan fingerprint density at radius 2 is 2.09 bits per heavy atom. The van der Waals surface area contributed by atoms with Crippen molar-refractivity contribution in [1.29, 1.82) is 0 Å². The van der Waals surface area contributed by atoms with Crippen LogP contribution in [0.3, 0.4) is 0 Å². The van der Waals surface area contributed by atoms with Crippen molar-refractivity contribution in [1.82, 2.24) is 10.6 Å². The highest BCUT2D eigenvalue weighted by Gasteiger charge is 2.26. The molecule has 4 heteroatoms. The molecule has 2 aromatic carbocycles. The lowest BCUT2D eigenvalue weighted by molar-refractivity contribution is 0.302. The third-order valence-corrected chi connectivity index (χ3v) is 4.41. The van der Waals surface area contributed by atoms with E-state index in [-0.39, 0.29) is 17.9 Å². The molecule has 2 N–H and O–H groups in total. The van der Waals surface area contributed by atoms with E-state index < -0.39 is 0 Å². The summed E-state index contributed by atoms with van der Waals surface area (Å²) in [6.45, 7) is 1.70. The maximum atomic E-state index is 13.5. The number of rotatable bonds is 5. The Morgan fingerprint density at radius 1 is 1.22 bits per heavy atom.